The van der Waals surface area contributed by atoms with E-state index in [1.54, 1.807) is 12.4 Å². The summed E-state index contributed by atoms with van der Waals surface area (Å²) in [6.07, 6.45) is 4.93. The Hall–Kier alpha value is -2.43. The van der Waals surface area contributed by atoms with Gasteiger partial charge >= 0.3 is 0 Å². The van der Waals surface area contributed by atoms with Crippen LogP contribution < -0.4 is 5.73 Å². The van der Waals surface area contributed by atoms with Crippen LogP contribution in [0.1, 0.15) is 24.9 Å². The molecule has 20 heavy (non-hydrogen) atoms. The van der Waals surface area contributed by atoms with Gasteiger partial charge in [0.2, 0.25) is 0 Å². The molecule has 0 fully saturated rings. The summed E-state index contributed by atoms with van der Waals surface area (Å²) in [4.78, 5) is 13.1. The van der Waals surface area contributed by atoms with Crippen LogP contribution in [0, 0.1) is 0 Å². The first-order valence-corrected chi connectivity index (χ1v) is 6.79. The molecule has 0 saturated carbocycles. The van der Waals surface area contributed by atoms with Crippen LogP contribution in [0.2, 0.25) is 0 Å². The van der Waals surface area contributed by atoms with Gasteiger partial charge in [-0.2, -0.15) is 0 Å². The van der Waals surface area contributed by atoms with Gasteiger partial charge in [-0.1, -0.05) is 19.1 Å². The van der Waals surface area contributed by atoms with Crippen molar-refractivity contribution < 1.29 is 0 Å². The molecule has 2 N–H and O–H groups in total. The van der Waals surface area contributed by atoms with Crippen LogP contribution in [-0.4, -0.2) is 19.5 Å². The first kappa shape index (κ1) is 12.6. The van der Waals surface area contributed by atoms with Gasteiger partial charge in [-0.05, 0) is 18.6 Å². The quantitative estimate of drug-likeness (QED) is 0.788. The fourth-order valence-corrected chi connectivity index (χ4v) is 2.40. The average Bonchev–Trinajstić information content (AvgIpc) is 2.80. The Bertz CT molecular complexity index is 732. The highest BCUT2D eigenvalue weighted by Gasteiger charge is 2.12. The van der Waals surface area contributed by atoms with Gasteiger partial charge in [-0.3, -0.25) is 4.98 Å². The molecule has 0 bridgehead atoms. The third-order valence-electron chi connectivity index (χ3n) is 3.31. The van der Waals surface area contributed by atoms with E-state index < -0.39 is 0 Å². The number of hydrogen-bond acceptors (Lipinski definition) is 4. The monoisotopic (exact) mass is 267 g/mol. The predicted octanol–water partition coefficient (Wildman–Crippen LogP) is 2.41. The topological polar surface area (TPSA) is 69.6 Å². The minimum Gasteiger partial charge on any atom is -0.382 e. The molecule has 2 aromatic heterocycles. The minimum absolute atomic E-state index is 0.475. The van der Waals surface area contributed by atoms with Gasteiger partial charge in [-0.25, -0.2) is 9.97 Å². The van der Waals surface area contributed by atoms with E-state index >= 15 is 0 Å². The van der Waals surface area contributed by atoms with E-state index in [1.807, 2.05) is 18.2 Å². The van der Waals surface area contributed by atoms with Crippen molar-refractivity contribution in [2.24, 2.45) is 0 Å². The number of hydrogen-bond donors (Lipinski definition) is 1. The van der Waals surface area contributed by atoms with E-state index in [-0.39, 0.29) is 0 Å². The highest BCUT2D eigenvalue weighted by Crippen LogP contribution is 2.19. The fourth-order valence-electron chi connectivity index (χ4n) is 2.40. The summed E-state index contributed by atoms with van der Waals surface area (Å²) in [7, 11) is 0. The Kier molecular flexibility index (Phi) is 3.33. The van der Waals surface area contributed by atoms with Crippen molar-refractivity contribution in [2.75, 3.05) is 5.73 Å². The van der Waals surface area contributed by atoms with E-state index in [0.717, 1.165) is 35.5 Å². The standard InChI is InChI=1S/C15H17N5/c1-2-9-20-13-6-4-3-5-11(13)19-14(20)10-12-15(16)18-8-7-17-12/h3-8H,2,9-10H2,1H3,(H2,16,18). The fraction of sp³-hybridized carbons (Fsp3) is 0.267. The van der Waals surface area contributed by atoms with Crippen LogP contribution in [0.25, 0.3) is 11.0 Å². The van der Waals surface area contributed by atoms with Crippen molar-refractivity contribution in [3.05, 3.63) is 48.2 Å². The maximum absolute atomic E-state index is 5.88. The smallest absolute Gasteiger partial charge is 0.145 e. The summed E-state index contributed by atoms with van der Waals surface area (Å²) < 4.78 is 2.24. The molecule has 5 heteroatoms. The van der Waals surface area contributed by atoms with Crippen molar-refractivity contribution in [3.8, 4) is 0 Å². The third-order valence-corrected chi connectivity index (χ3v) is 3.31. The predicted molar refractivity (Wildman–Crippen MR) is 79.3 cm³/mol. The lowest BCUT2D eigenvalue weighted by molar-refractivity contribution is 0.662. The number of nitrogen functional groups attached to an aromatic ring is 1. The summed E-state index contributed by atoms with van der Waals surface area (Å²) in [5.41, 5.74) is 8.83. The lowest BCUT2D eigenvalue weighted by Crippen LogP contribution is -2.07. The molecule has 102 valence electrons. The maximum atomic E-state index is 5.88. The van der Waals surface area contributed by atoms with Crippen molar-refractivity contribution in [1.82, 2.24) is 19.5 Å². The molecule has 0 saturated heterocycles. The van der Waals surface area contributed by atoms with Crippen LogP contribution in [0.5, 0.6) is 0 Å². The van der Waals surface area contributed by atoms with Crippen LogP contribution in [-0.2, 0) is 13.0 Å². The molecular weight excluding hydrogens is 250 g/mol. The summed E-state index contributed by atoms with van der Waals surface area (Å²) in [6, 6.07) is 8.18. The molecule has 0 aliphatic rings. The van der Waals surface area contributed by atoms with E-state index in [9.17, 15) is 0 Å². The first-order valence-electron chi connectivity index (χ1n) is 6.79. The molecule has 2 heterocycles. The Labute approximate surface area is 117 Å². The summed E-state index contributed by atoms with van der Waals surface area (Å²) in [5.74, 6) is 1.46. The highest BCUT2D eigenvalue weighted by molar-refractivity contribution is 5.76. The van der Waals surface area contributed by atoms with Crippen molar-refractivity contribution in [2.45, 2.75) is 26.3 Å². The molecule has 0 amide bonds. The Morgan fingerprint density at radius 1 is 1.15 bits per heavy atom. The Morgan fingerprint density at radius 3 is 2.75 bits per heavy atom. The minimum atomic E-state index is 0.475. The molecular formula is C15H17N5. The van der Waals surface area contributed by atoms with Gasteiger partial charge in [-0.15, -0.1) is 0 Å². The molecule has 0 atom stereocenters. The van der Waals surface area contributed by atoms with Crippen molar-refractivity contribution in [3.63, 3.8) is 0 Å². The molecule has 0 spiro atoms. The Morgan fingerprint density at radius 2 is 1.95 bits per heavy atom. The van der Waals surface area contributed by atoms with Gasteiger partial charge in [0.25, 0.3) is 0 Å². The van der Waals surface area contributed by atoms with Gasteiger partial charge in [0.1, 0.15) is 11.6 Å². The molecule has 0 radical (unpaired) electrons. The number of nitrogens with two attached hydrogens (primary N) is 1. The summed E-state index contributed by atoms with van der Waals surface area (Å²) in [6.45, 7) is 3.10. The second-order valence-corrected chi connectivity index (χ2v) is 4.73. The number of aryl methyl sites for hydroxylation is 1. The number of fused-ring (bicyclic) bond motifs is 1. The third kappa shape index (κ3) is 2.22. The van der Waals surface area contributed by atoms with Crippen LogP contribution >= 0.6 is 0 Å². The lowest BCUT2D eigenvalue weighted by Gasteiger charge is -2.08. The SMILES string of the molecule is CCCn1c(Cc2nccnc2N)nc2ccccc21. The lowest BCUT2D eigenvalue weighted by atomic mass is 10.2. The van der Waals surface area contributed by atoms with Gasteiger partial charge in [0, 0.05) is 18.9 Å². The summed E-state index contributed by atoms with van der Waals surface area (Å²) >= 11 is 0. The van der Waals surface area contributed by atoms with Crippen LogP contribution in [0.3, 0.4) is 0 Å². The Balaban J connectivity index is 2.06. The highest BCUT2D eigenvalue weighted by atomic mass is 15.1. The average molecular weight is 267 g/mol. The van der Waals surface area contributed by atoms with E-state index in [1.165, 1.54) is 0 Å². The second kappa shape index (κ2) is 5.28. The van der Waals surface area contributed by atoms with E-state index in [2.05, 4.69) is 27.5 Å². The zero-order chi connectivity index (χ0) is 13.9. The zero-order valence-electron chi connectivity index (χ0n) is 11.5. The summed E-state index contributed by atoms with van der Waals surface area (Å²) in [5, 5.41) is 0. The molecule has 3 aromatic rings. The zero-order valence-corrected chi connectivity index (χ0v) is 11.5. The van der Waals surface area contributed by atoms with Crippen molar-refractivity contribution >= 4 is 16.9 Å². The molecule has 0 unspecified atom stereocenters. The molecule has 1 aromatic carbocycles. The molecule has 0 aliphatic heterocycles. The number of aromatic nitrogens is 4. The van der Waals surface area contributed by atoms with E-state index in [0.29, 0.717) is 12.2 Å². The van der Waals surface area contributed by atoms with Gasteiger partial charge in [0.15, 0.2) is 0 Å². The largest absolute Gasteiger partial charge is 0.382 e. The number of benzene rings is 1. The van der Waals surface area contributed by atoms with Crippen LogP contribution in [0.15, 0.2) is 36.7 Å². The number of para-hydroxylation sites is 2. The van der Waals surface area contributed by atoms with E-state index in [4.69, 9.17) is 10.7 Å². The van der Waals surface area contributed by atoms with Crippen molar-refractivity contribution in [1.29, 1.82) is 0 Å². The molecule has 0 aliphatic carbocycles. The maximum Gasteiger partial charge on any atom is 0.145 e. The first-order chi connectivity index (χ1) is 9.79. The number of nitrogens with zero attached hydrogens (tertiary/aromatic N) is 4. The van der Waals surface area contributed by atoms with Gasteiger partial charge < -0.3 is 10.3 Å². The number of imidazole rings is 1. The van der Waals surface area contributed by atoms with Crippen LogP contribution in [0.4, 0.5) is 5.82 Å². The number of rotatable bonds is 4. The molecule has 3 rings (SSSR count). The van der Waals surface area contributed by atoms with Gasteiger partial charge in [0.05, 0.1) is 23.1 Å². The molecule has 5 nitrogen and oxygen atoms in total. The second-order valence-electron chi connectivity index (χ2n) is 4.73. The number of anilines is 1. The normalized spacial score (nSPS) is 11.1.